The van der Waals surface area contributed by atoms with Crippen molar-refractivity contribution in [3.8, 4) is 0 Å². The smallest absolute Gasteiger partial charge is 0.0202 e. The zero-order valence-corrected chi connectivity index (χ0v) is 8.88. The molecular formula is C12H18N2. The summed E-state index contributed by atoms with van der Waals surface area (Å²) >= 11 is 0. The Morgan fingerprint density at radius 2 is 2.07 bits per heavy atom. The summed E-state index contributed by atoms with van der Waals surface area (Å²) < 4.78 is 0. The highest BCUT2D eigenvalue weighted by atomic mass is 14.8. The maximum Gasteiger partial charge on any atom is 0.0202 e. The topological polar surface area (TPSA) is 24.1 Å². The lowest BCUT2D eigenvalue weighted by molar-refractivity contribution is 0.818. The summed E-state index contributed by atoms with van der Waals surface area (Å²) in [4.78, 5) is 0. The standard InChI is InChI=1S/C12H18N2/c1-13-8-4-7-11-5-3-6-12(9-11)10-14-2/h3-7,9,13-14H,8,10H2,1-2H3. The van der Waals surface area contributed by atoms with Crippen molar-refractivity contribution < 1.29 is 0 Å². The Hall–Kier alpha value is -1.12. The van der Waals surface area contributed by atoms with Gasteiger partial charge in [-0.2, -0.15) is 0 Å². The molecule has 0 fully saturated rings. The van der Waals surface area contributed by atoms with E-state index in [0.717, 1.165) is 13.1 Å². The van der Waals surface area contributed by atoms with Gasteiger partial charge >= 0.3 is 0 Å². The number of rotatable bonds is 5. The lowest BCUT2D eigenvalue weighted by Crippen LogP contribution is -2.05. The minimum Gasteiger partial charge on any atom is -0.316 e. The second-order valence-electron chi connectivity index (χ2n) is 3.24. The summed E-state index contributed by atoms with van der Waals surface area (Å²) in [6.45, 7) is 1.84. The van der Waals surface area contributed by atoms with Crippen molar-refractivity contribution in [2.75, 3.05) is 20.6 Å². The van der Waals surface area contributed by atoms with E-state index in [-0.39, 0.29) is 0 Å². The SMILES string of the molecule is CNCC=Cc1cccc(CNC)c1. The molecule has 0 aliphatic carbocycles. The van der Waals surface area contributed by atoms with Crippen LogP contribution in [-0.4, -0.2) is 20.6 Å². The van der Waals surface area contributed by atoms with Crippen LogP contribution in [0.25, 0.3) is 6.08 Å². The zero-order valence-electron chi connectivity index (χ0n) is 8.88. The van der Waals surface area contributed by atoms with Gasteiger partial charge in [-0.15, -0.1) is 0 Å². The lowest BCUT2D eigenvalue weighted by Gasteiger charge is -2.00. The number of nitrogens with one attached hydrogen (secondary N) is 2. The average Bonchev–Trinajstić information content (AvgIpc) is 2.19. The van der Waals surface area contributed by atoms with Gasteiger partial charge in [0.1, 0.15) is 0 Å². The van der Waals surface area contributed by atoms with Crippen LogP contribution >= 0.6 is 0 Å². The molecule has 0 spiro atoms. The largest absolute Gasteiger partial charge is 0.316 e. The van der Waals surface area contributed by atoms with Crippen molar-refractivity contribution in [1.29, 1.82) is 0 Å². The normalized spacial score (nSPS) is 11.0. The summed E-state index contributed by atoms with van der Waals surface area (Å²) in [6, 6.07) is 8.53. The first kappa shape index (κ1) is 11.0. The Morgan fingerprint density at radius 3 is 2.79 bits per heavy atom. The van der Waals surface area contributed by atoms with Gasteiger partial charge in [0, 0.05) is 13.1 Å². The van der Waals surface area contributed by atoms with Gasteiger partial charge in [-0.1, -0.05) is 36.4 Å². The van der Waals surface area contributed by atoms with Gasteiger partial charge in [-0.05, 0) is 25.2 Å². The monoisotopic (exact) mass is 190 g/mol. The first-order valence-corrected chi connectivity index (χ1v) is 4.91. The van der Waals surface area contributed by atoms with Crippen LogP contribution in [0.3, 0.4) is 0 Å². The molecule has 0 radical (unpaired) electrons. The second-order valence-corrected chi connectivity index (χ2v) is 3.24. The molecule has 0 aliphatic rings. The number of hydrogen-bond donors (Lipinski definition) is 2. The van der Waals surface area contributed by atoms with Gasteiger partial charge in [0.25, 0.3) is 0 Å². The van der Waals surface area contributed by atoms with E-state index >= 15 is 0 Å². The van der Waals surface area contributed by atoms with Crippen LogP contribution in [-0.2, 0) is 6.54 Å². The third kappa shape index (κ3) is 3.73. The summed E-state index contributed by atoms with van der Waals surface area (Å²) in [5.74, 6) is 0. The summed E-state index contributed by atoms with van der Waals surface area (Å²) in [5.41, 5.74) is 2.58. The Balaban J connectivity index is 2.63. The van der Waals surface area contributed by atoms with E-state index in [9.17, 15) is 0 Å². The third-order valence-electron chi connectivity index (χ3n) is 1.96. The lowest BCUT2D eigenvalue weighted by atomic mass is 10.1. The van der Waals surface area contributed by atoms with Crippen LogP contribution in [0.2, 0.25) is 0 Å². The highest BCUT2D eigenvalue weighted by Gasteiger charge is 1.91. The molecule has 0 saturated carbocycles. The van der Waals surface area contributed by atoms with E-state index in [1.165, 1.54) is 11.1 Å². The molecule has 0 heterocycles. The summed E-state index contributed by atoms with van der Waals surface area (Å²) in [7, 11) is 3.91. The molecule has 1 aromatic rings. The molecule has 0 aliphatic heterocycles. The van der Waals surface area contributed by atoms with Crippen molar-refractivity contribution >= 4 is 6.08 Å². The Kier molecular flexibility index (Phi) is 4.97. The maximum absolute atomic E-state index is 3.14. The van der Waals surface area contributed by atoms with Crippen LogP contribution in [0.1, 0.15) is 11.1 Å². The first-order chi connectivity index (χ1) is 6.86. The first-order valence-electron chi connectivity index (χ1n) is 4.91. The van der Waals surface area contributed by atoms with Crippen LogP contribution in [0.4, 0.5) is 0 Å². The van der Waals surface area contributed by atoms with E-state index in [4.69, 9.17) is 0 Å². The van der Waals surface area contributed by atoms with Crippen molar-refractivity contribution in [2.45, 2.75) is 6.54 Å². The predicted molar refractivity (Wildman–Crippen MR) is 62.2 cm³/mol. The molecule has 2 N–H and O–H groups in total. The second kappa shape index (κ2) is 6.35. The van der Waals surface area contributed by atoms with Crippen molar-refractivity contribution in [3.05, 3.63) is 41.5 Å². The highest BCUT2D eigenvalue weighted by Crippen LogP contribution is 2.06. The van der Waals surface area contributed by atoms with E-state index in [2.05, 4.69) is 47.1 Å². The molecule has 1 rings (SSSR count). The molecule has 2 heteroatoms. The van der Waals surface area contributed by atoms with Crippen LogP contribution in [0, 0.1) is 0 Å². The van der Waals surface area contributed by atoms with Gasteiger partial charge in [0.2, 0.25) is 0 Å². The van der Waals surface area contributed by atoms with Gasteiger partial charge in [-0.3, -0.25) is 0 Å². The molecule has 0 amide bonds. The third-order valence-corrected chi connectivity index (χ3v) is 1.96. The molecule has 2 nitrogen and oxygen atoms in total. The molecule has 0 aromatic heterocycles. The van der Waals surface area contributed by atoms with Gasteiger partial charge in [0.05, 0.1) is 0 Å². The highest BCUT2D eigenvalue weighted by molar-refractivity contribution is 5.50. The van der Waals surface area contributed by atoms with Crippen molar-refractivity contribution in [3.63, 3.8) is 0 Å². The van der Waals surface area contributed by atoms with E-state index in [1.807, 2.05) is 14.1 Å². The molecule has 14 heavy (non-hydrogen) atoms. The molecule has 76 valence electrons. The molecule has 0 unspecified atom stereocenters. The number of benzene rings is 1. The fourth-order valence-electron chi connectivity index (χ4n) is 1.32. The number of hydrogen-bond acceptors (Lipinski definition) is 2. The van der Waals surface area contributed by atoms with Crippen molar-refractivity contribution in [1.82, 2.24) is 10.6 Å². The molecule has 0 saturated heterocycles. The van der Waals surface area contributed by atoms with Crippen molar-refractivity contribution in [2.24, 2.45) is 0 Å². The van der Waals surface area contributed by atoms with Gasteiger partial charge in [-0.25, -0.2) is 0 Å². The molecule has 0 atom stereocenters. The Bertz CT molecular complexity index is 292. The maximum atomic E-state index is 3.14. The molecule has 0 bridgehead atoms. The summed E-state index contributed by atoms with van der Waals surface area (Å²) in [6.07, 6.45) is 4.26. The van der Waals surface area contributed by atoms with Crippen LogP contribution in [0.5, 0.6) is 0 Å². The van der Waals surface area contributed by atoms with Gasteiger partial charge < -0.3 is 10.6 Å². The molecule has 1 aromatic carbocycles. The van der Waals surface area contributed by atoms with E-state index in [1.54, 1.807) is 0 Å². The van der Waals surface area contributed by atoms with E-state index < -0.39 is 0 Å². The van der Waals surface area contributed by atoms with E-state index in [0.29, 0.717) is 0 Å². The number of likely N-dealkylation sites (N-methyl/N-ethyl adjacent to an activating group) is 1. The fourth-order valence-corrected chi connectivity index (χ4v) is 1.32. The fraction of sp³-hybridized carbons (Fsp3) is 0.333. The summed E-state index contributed by atoms with van der Waals surface area (Å²) in [5, 5.41) is 6.22. The minimum absolute atomic E-state index is 0.913. The van der Waals surface area contributed by atoms with Crippen LogP contribution < -0.4 is 10.6 Å². The van der Waals surface area contributed by atoms with Crippen LogP contribution in [0.15, 0.2) is 30.3 Å². The quantitative estimate of drug-likeness (QED) is 0.737. The van der Waals surface area contributed by atoms with Gasteiger partial charge in [0.15, 0.2) is 0 Å². The molecular weight excluding hydrogens is 172 g/mol. The zero-order chi connectivity index (χ0) is 10.2. The average molecular weight is 190 g/mol. The Morgan fingerprint density at radius 1 is 1.21 bits per heavy atom. The Labute approximate surface area is 86.0 Å². The predicted octanol–water partition coefficient (Wildman–Crippen LogP) is 1.64. The minimum atomic E-state index is 0.913.